The van der Waals surface area contributed by atoms with Crippen LogP contribution < -0.4 is 0 Å². The summed E-state index contributed by atoms with van der Waals surface area (Å²) in [5.41, 5.74) is 1.87. The fourth-order valence-electron chi connectivity index (χ4n) is 4.61. The number of hydrogen-bond acceptors (Lipinski definition) is 5. The van der Waals surface area contributed by atoms with Crippen molar-refractivity contribution in [3.63, 3.8) is 0 Å². The van der Waals surface area contributed by atoms with Gasteiger partial charge in [0, 0.05) is 63.2 Å². The first-order valence-corrected chi connectivity index (χ1v) is 9.50. The second kappa shape index (κ2) is 7.40. The Labute approximate surface area is 159 Å². The molecule has 0 radical (unpaired) electrons. The molecule has 1 spiro atoms. The van der Waals surface area contributed by atoms with Crippen molar-refractivity contribution in [3.8, 4) is 0 Å². The Balaban J connectivity index is 1.40. The number of nitrogens with zero attached hydrogens (tertiary/aromatic N) is 5. The minimum Gasteiger partial charge on any atom is -0.376 e. The summed E-state index contributed by atoms with van der Waals surface area (Å²) in [5.74, 6) is 0.514. The van der Waals surface area contributed by atoms with E-state index >= 15 is 0 Å². The number of carbonyl (C=O) groups excluding carboxylic acids is 1. The van der Waals surface area contributed by atoms with Crippen molar-refractivity contribution in [1.29, 1.82) is 0 Å². The second-order valence-corrected chi connectivity index (χ2v) is 7.95. The number of aromatic nitrogens is 3. The van der Waals surface area contributed by atoms with Crippen LogP contribution in [0.25, 0.3) is 0 Å². The third-order valence-electron chi connectivity index (χ3n) is 6.01. The molecule has 1 amide bonds. The van der Waals surface area contributed by atoms with Crippen molar-refractivity contribution in [2.75, 3.05) is 39.8 Å². The van der Waals surface area contributed by atoms with Crippen LogP contribution in [0.3, 0.4) is 0 Å². The first kappa shape index (κ1) is 18.1. The lowest BCUT2D eigenvalue weighted by Crippen LogP contribution is -2.38. The van der Waals surface area contributed by atoms with E-state index in [4.69, 9.17) is 4.74 Å². The first-order valence-electron chi connectivity index (χ1n) is 9.50. The molecule has 7 heteroatoms. The van der Waals surface area contributed by atoms with E-state index in [1.807, 2.05) is 30.3 Å². The van der Waals surface area contributed by atoms with Crippen LogP contribution in [0.5, 0.6) is 0 Å². The van der Waals surface area contributed by atoms with Crippen molar-refractivity contribution >= 4 is 5.91 Å². The minimum atomic E-state index is 0.0801. The lowest BCUT2D eigenvalue weighted by Gasteiger charge is -2.30. The van der Waals surface area contributed by atoms with Gasteiger partial charge in [-0.3, -0.25) is 14.5 Å². The molecule has 2 atom stereocenters. The van der Waals surface area contributed by atoms with Gasteiger partial charge in [-0.2, -0.15) is 5.10 Å². The van der Waals surface area contributed by atoms with E-state index in [0.717, 1.165) is 38.2 Å². The van der Waals surface area contributed by atoms with Crippen LogP contribution in [-0.2, 0) is 18.4 Å². The molecule has 0 N–H and O–H groups in total. The van der Waals surface area contributed by atoms with Gasteiger partial charge in [0.2, 0.25) is 0 Å². The molecule has 2 aromatic heterocycles. The Morgan fingerprint density at radius 3 is 2.93 bits per heavy atom. The predicted octanol–water partition coefficient (Wildman–Crippen LogP) is 1.43. The molecular weight excluding hydrogens is 342 g/mol. The number of likely N-dealkylation sites (tertiary alicyclic amines) is 2. The van der Waals surface area contributed by atoms with Crippen molar-refractivity contribution in [2.45, 2.75) is 13.0 Å². The average molecular weight is 369 g/mol. The SMILES string of the molecule is CN1C[C@H](COCc2cccnc2)[C@]2(CCN(C(=O)c3ccnn3C)C2)C1. The van der Waals surface area contributed by atoms with Crippen LogP contribution in [0.2, 0.25) is 0 Å². The van der Waals surface area contributed by atoms with Gasteiger partial charge in [0.25, 0.3) is 5.91 Å². The number of carbonyl (C=O) groups is 1. The lowest BCUT2D eigenvalue weighted by molar-refractivity contribution is 0.0493. The highest BCUT2D eigenvalue weighted by Crippen LogP contribution is 2.43. The molecule has 0 aromatic carbocycles. The summed E-state index contributed by atoms with van der Waals surface area (Å²) in [6, 6.07) is 5.76. The van der Waals surface area contributed by atoms with Gasteiger partial charge in [0.15, 0.2) is 0 Å². The van der Waals surface area contributed by atoms with E-state index in [0.29, 0.717) is 24.8 Å². The van der Waals surface area contributed by atoms with Gasteiger partial charge in [-0.25, -0.2) is 0 Å². The molecule has 2 aromatic rings. The quantitative estimate of drug-likeness (QED) is 0.798. The zero-order chi connectivity index (χ0) is 18.9. The summed E-state index contributed by atoms with van der Waals surface area (Å²) >= 11 is 0. The number of rotatable bonds is 5. The van der Waals surface area contributed by atoms with Crippen LogP contribution >= 0.6 is 0 Å². The molecule has 2 aliphatic heterocycles. The van der Waals surface area contributed by atoms with Crippen molar-refractivity contribution in [2.24, 2.45) is 18.4 Å². The van der Waals surface area contributed by atoms with Gasteiger partial charge in [-0.15, -0.1) is 0 Å². The Bertz CT molecular complexity index is 793. The molecule has 27 heavy (non-hydrogen) atoms. The number of aryl methyl sites for hydroxylation is 1. The van der Waals surface area contributed by atoms with Gasteiger partial charge in [-0.05, 0) is 31.2 Å². The summed E-state index contributed by atoms with van der Waals surface area (Å²) in [5, 5.41) is 4.13. The molecular formula is C20H27N5O2. The largest absolute Gasteiger partial charge is 0.376 e. The Morgan fingerprint density at radius 1 is 1.30 bits per heavy atom. The summed E-state index contributed by atoms with van der Waals surface area (Å²) in [4.78, 5) is 21.4. The Morgan fingerprint density at radius 2 is 2.19 bits per heavy atom. The molecule has 2 saturated heterocycles. The third kappa shape index (κ3) is 3.61. The molecule has 4 rings (SSSR count). The average Bonchev–Trinajstić information content (AvgIpc) is 3.36. The predicted molar refractivity (Wildman–Crippen MR) is 101 cm³/mol. The third-order valence-corrected chi connectivity index (χ3v) is 6.01. The molecule has 4 heterocycles. The maximum absolute atomic E-state index is 12.9. The highest BCUT2D eigenvalue weighted by Gasteiger charge is 2.50. The molecule has 2 aliphatic rings. The maximum atomic E-state index is 12.9. The van der Waals surface area contributed by atoms with E-state index in [1.54, 1.807) is 23.1 Å². The number of ether oxygens (including phenoxy) is 1. The van der Waals surface area contributed by atoms with Gasteiger partial charge in [-0.1, -0.05) is 6.07 Å². The molecule has 144 valence electrons. The molecule has 0 unspecified atom stereocenters. The Hall–Kier alpha value is -2.25. The molecule has 7 nitrogen and oxygen atoms in total. The summed E-state index contributed by atoms with van der Waals surface area (Å²) in [6.07, 6.45) is 6.33. The maximum Gasteiger partial charge on any atom is 0.272 e. The Kier molecular flexibility index (Phi) is 4.97. The van der Waals surface area contributed by atoms with E-state index < -0.39 is 0 Å². The van der Waals surface area contributed by atoms with Crippen LogP contribution in [0.15, 0.2) is 36.8 Å². The van der Waals surface area contributed by atoms with Crippen LogP contribution in [-0.4, -0.2) is 70.3 Å². The first-order chi connectivity index (χ1) is 13.1. The van der Waals surface area contributed by atoms with E-state index in [2.05, 4.69) is 22.0 Å². The number of amides is 1. The van der Waals surface area contributed by atoms with Gasteiger partial charge >= 0.3 is 0 Å². The standard InChI is InChI=1S/C20H27N5O2/c1-23-11-17(13-27-12-16-4-3-7-21-10-16)20(14-23)6-9-25(15-20)19(26)18-5-8-22-24(18)2/h3-5,7-8,10,17H,6,9,11-15H2,1-2H3/t17-,20-/m1/s1. The number of pyridine rings is 1. The van der Waals surface area contributed by atoms with Crippen LogP contribution in [0, 0.1) is 11.3 Å². The van der Waals surface area contributed by atoms with Crippen LogP contribution in [0.1, 0.15) is 22.5 Å². The fraction of sp³-hybridized carbons (Fsp3) is 0.550. The van der Waals surface area contributed by atoms with E-state index in [-0.39, 0.29) is 11.3 Å². The van der Waals surface area contributed by atoms with Gasteiger partial charge < -0.3 is 14.5 Å². The summed E-state index contributed by atoms with van der Waals surface area (Å²) < 4.78 is 7.70. The zero-order valence-electron chi connectivity index (χ0n) is 16.0. The van der Waals surface area contributed by atoms with Crippen LogP contribution in [0.4, 0.5) is 0 Å². The monoisotopic (exact) mass is 369 g/mol. The zero-order valence-corrected chi connectivity index (χ0v) is 16.0. The highest BCUT2D eigenvalue weighted by molar-refractivity contribution is 5.92. The van der Waals surface area contributed by atoms with Gasteiger partial charge in [0.1, 0.15) is 5.69 Å². The van der Waals surface area contributed by atoms with Crippen molar-refractivity contribution in [1.82, 2.24) is 24.6 Å². The summed E-state index contributed by atoms with van der Waals surface area (Å²) in [7, 11) is 3.98. The molecule has 0 saturated carbocycles. The smallest absolute Gasteiger partial charge is 0.272 e. The van der Waals surface area contributed by atoms with Gasteiger partial charge in [0.05, 0.1) is 13.2 Å². The normalized spacial score (nSPS) is 25.6. The summed E-state index contributed by atoms with van der Waals surface area (Å²) in [6.45, 7) is 4.93. The number of hydrogen-bond donors (Lipinski definition) is 0. The molecule has 0 bridgehead atoms. The van der Waals surface area contributed by atoms with E-state index in [9.17, 15) is 4.79 Å². The second-order valence-electron chi connectivity index (χ2n) is 7.95. The van der Waals surface area contributed by atoms with Crippen molar-refractivity contribution in [3.05, 3.63) is 48.0 Å². The fourth-order valence-corrected chi connectivity index (χ4v) is 4.61. The lowest BCUT2D eigenvalue weighted by atomic mass is 9.77. The molecule has 0 aliphatic carbocycles. The van der Waals surface area contributed by atoms with E-state index in [1.165, 1.54) is 0 Å². The minimum absolute atomic E-state index is 0.0801. The molecule has 2 fully saturated rings. The highest BCUT2D eigenvalue weighted by atomic mass is 16.5. The van der Waals surface area contributed by atoms with Crippen molar-refractivity contribution < 1.29 is 9.53 Å². The topological polar surface area (TPSA) is 63.5 Å².